The Morgan fingerprint density at radius 2 is 2.00 bits per heavy atom. The van der Waals surface area contributed by atoms with E-state index in [4.69, 9.17) is 11.6 Å². The van der Waals surface area contributed by atoms with E-state index in [0.29, 0.717) is 5.56 Å². The van der Waals surface area contributed by atoms with Gasteiger partial charge < -0.3 is 5.32 Å². The van der Waals surface area contributed by atoms with E-state index < -0.39 is 0 Å². The molecule has 2 aromatic carbocycles. The van der Waals surface area contributed by atoms with Crippen molar-refractivity contribution in [2.24, 2.45) is 0 Å². The van der Waals surface area contributed by atoms with Crippen LogP contribution in [0.5, 0.6) is 0 Å². The van der Waals surface area contributed by atoms with Crippen LogP contribution in [0, 0.1) is 12.7 Å². The van der Waals surface area contributed by atoms with Crippen molar-refractivity contribution < 1.29 is 4.39 Å². The van der Waals surface area contributed by atoms with E-state index in [1.165, 1.54) is 6.07 Å². The minimum atomic E-state index is -0.164. The van der Waals surface area contributed by atoms with Crippen LogP contribution in [-0.4, -0.2) is 12.8 Å². The predicted octanol–water partition coefficient (Wildman–Crippen LogP) is 4.84. The molecule has 0 aliphatic heterocycles. The molecule has 0 aromatic heterocycles. The van der Waals surface area contributed by atoms with E-state index in [0.717, 1.165) is 21.2 Å². The average Bonchev–Trinajstić information content (AvgIpc) is 2.45. The van der Waals surface area contributed by atoms with Gasteiger partial charge in [-0.2, -0.15) is 0 Å². The van der Waals surface area contributed by atoms with Crippen molar-refractivity contribution in [3.05, 3.63) is 64.4 Å². The van der Waals surface area contributed by atoms with Gasteiger partial charge in [0.25, 0.3) is 0 Å². The third-order valence-corrected chi connectivity index (χ3v) is 4.78. The van der Waals surface area contributed by atoms with Crippen LogP contribution in [0.25, 0.3) is 0 Å². The number of benzene rings is 2. The van der Waals surface area contributed by atoms with Crippen molar-refractivity contribution in [1.82, 2.24) is 5.32 Å². The van der Waals surface area contributed by atoms with Crippen LogP contribution < -0.4 is 5.32 Å². The molecule has 1 nitrogen and oxygen atoms in total. The van der Waals surface area contributed by atoms with Crippen molar-refractivity contribution in [2.75, 3.05) is 12.8 Å². The molecule has 0 bridgehead atoms. The summed E-state index contributed by atoms with van der Waals surface area (Å²) in [5.74, 6) is 0.674. The summed E-state index contributed by atoms with van der Waals surface area (Å²) < 4.78 is 13.3. The maximum atomic E-state index is 13.3. The van der Waals surface area contributed by atoms with Gasteiger partial charge in [0.05, 0.1) is 5.02 Å². The largest absolute Gasteiger partial charge is 0.312 e. The molecule has 0 saturated carbocycles. The van der Waals surface area contributed by atoms with Gasteiger partial charge in [0.1, 0.15) is 5.82 Å². The Hall–Kier alpha value is -1.03. The van der Waals surface area contributed by atoms with Crippen LogP contribution in [0.15, 0.2) is 47.4 Å². The summed E-state index contributed by atoms with van der Waals surface area (Å²) in [7, 11) is 1.91. The summed E-state index contributed by atoms with van der Waals surface area (Å²) in [6.45, 7) is 1.78. The van der Waals surface area contributed by atoms with Gasteiger partial charge in [0, 0.05) is 16.7 Å². The zero-order valence-corrected chi connectivity index (χ0v) is 13.1. The van der Waals surface area contributed by atoms with Gasteiger partial charge in [-0.05, 0) is 43.3 Å². The topological polar surface area (TPSA) is 12.0 Å². The summed E-state index contributed by atoms with van der Waals surface area (Å²) in [6.07, 6.45) is 0. The van der Waals surface area contributed by atoms with Crippen LogP contribution >= 0.6 is 23.4 Å². The lowest BCUT2D eigenvalue weighted by molar-refractivity contribution is 0.611. The highest BCUT2D eigenvalue weighted by Crippen LogP contribution is 2.30. The Morgan fingerprint density at radius 1 is 1.25 bits per heavy atom. The molecule has 2 aromatic rings. The maximum absolute atomic E-state index is 13.3. The third-order valence-electron chi connectivity index (χ3n) is 3.17. The normalized spacial score (nSPS) is 12.4. The SMILES string of the molecule is CNC(CSc1ccccc1Cl)c1ccc(F)c(C)c1. The summed E-state index contributed by atoms with van der Waals surface area (Å²) in [5.41, 5.74) is 1.76. The van der Waals surface area contributed by atoms with E-state index >= 15 is 0 Å². The van der Waals surface area contributed by atoms with Gasteiger partial charge in [-0.3, -0.25) is 0 Å². The average molecular weight is 310 g/mol. The quantitative estimate of drug-likeness (QED) is 0.793. The highest BCUT2D eigenvalue weighted by molar-refractivity contribution is 7.99. The second-order valence-corrected chi connectivity index (χ2v) is 6.06. The van der Waals surface area contributed by atoms with E-state index in [1.54, 1.807) is 18.7 Å². The smallest absolute Gasteiger partial charge is 0.126 e. The van der Waals surface area contributed by atoms with Crippen molar-refractivity contribution in [3.63, 3.8) is 0 Å². The molecule has 0 fully saturated rings. The molecule has 0 amide bonds. The highest BCUT2D eigenvalue weighted by atomic mass is 35.5. The lowest BCUT2D eigenvalue weighted by atomic mass is 10.1. The lowest BCUT2D eigenvalue weighted by Crippen LogP contribution is -2.19. The molecule has 0 aliphatic carbocycles. The monoisotopic (exact) mass is 309 g/mol. The molecule has 1 atom stereocenters. The van der Waals surface area contributed by atoms with Gasteiger partial charge in [-0.15, -0.1) is 11.8 Å². The first-order valence-electron chi connectivity index (χ1n) is 6.42. The second-order valence-electron chi connectivity index (χ2n) is 4.59. The number of hydrogen-bond acceptors (Lipinski definition) is 2. The molecule has 1 unspecified atom stereocenters. The van der Waals surface area contributed by atoms with Gasteiger partial charge in [0.2, 0.25) is 0 Å². The Labute approximate surface area is 128 Å². The van der Waals surface area contributed by atoms with E-state index in [1.807, 2.05) is 43.4 Å². The first-order chi connectivity index (χ1) is 9.61. The Morgan fingerprint density at radius 3 is 2.65 bits per heavy atom. The molecule has 0 aliphatic rings. The summed E-state index contributed by atoms with van der Waals surface area (Å²) in [4.78, 5) is 1.06. The molecule has 106 valence electrons. The number of rotatable bonds is 5. The minimum Gasteiger partial charge on any atom is -0.312 e. The number of thioether (sulfide) groups is 1. The molecule has 2 rings (SSSR count). The van der Waals surface area contributed by atoms with E-state index in [2.05, 4.69) is 5.32 Å². The zero-order valence-electron chi connectivity index (χ0n) is 11.5. The fraction of sp³-hybridized carbons (Fsp3) is 0.250. The number of aryl methyl sites for hydroxylation is 1. The minimum absolute atomic E-state index is 0.163. The third kappa shape index (κ3) is 3.75. The summed E-state index contributed by atoms with van der Waals surface area (Å²) in [5, 5.41) is 4.03. The van der Waals surface area contributed by atoms with Crippen LogP contribution in [0.4, 0.5) is 4.39 Å². The Bertz CT molecular complexity index is 588. The number of halogens is 2. The molecule has 1 N–H and O–H groups in total. The molecule has 0 spiro atoms. The fourth-order valence-corrected chi connectivity index (χ4v) is 3.35. The van der Waals surface area contributed by atoms with Crippen molar-refractivity contribution in [3.8, 4) is 0 Å². The van der Waals surface area contributed by atoms with Gasteiger partial charge in [-0.1, -0.05) is 35.9 Å². The Kier molecular flexibility index (Phi) is 5.46. The lowest BCUT2D eigenvalue weighted by Gasteiger charge is -2.17. The number of hydrogen-bond donors (Lipinski definition) is 1. The molecule has 0 radical (unpaired) electrons. The standard InChI is InChI=1S/C16H17ClFNS/c1-11-9-12(7-8-14(11)18)15(19-2)10-20-16-6-4-3-5-13(16)17/h3-9,15,19H,10H2,1-2H3. The van der Waals surface area contributed by atoms with E-state index in [9.17, 15) is 4.39 Å². The summed E-state index contributed by atoms with van der Waals surface area (Å²) >= 11 is 7.85. The van der Waals surface area contributed by atoms with Crippen LogP contribution in [-0.2, 0) is 0 Å². The molecule has 4 heteroatoms. The summed E-state index contributed by atoms with van der Waals surface area (Å²) in [6, 6.07) is 13.2. The second kappa shape index (κ2) is 7.11. The zero-order chi connectivity index (χ0) is 14.5. The van der Waals surface area contributed by atoms with Crippen LogP contribution in [0.2, 0.25) is 5.02 Å². The van der Waals surface area contributed by atoms with Crippen molar-refractivity contribution in [2.45, 2.75) is 17.9 Å². The first kappa shape index (κ1) is 15.4. The van der Waals surface area contributed by atoms with Gasteiger partial charge in [0.15, 0.2) is 0 Å². The maximum Gasteiger partial charge on any atom is 0.126 e. The molecule has 0 heterocycles. The van der Waals surface area contributed by atoms with Crippen molar-refractivity contribution in [1.29, 1.82) is 0 Å². The van der Waals surface area contributed by atoms with Crippen molar-refractivity contribution >= 4 is 23.4 Å². The first-order valence-corrected chi connectivity index (χ1v) is 7.79. The molecule has 0 saturated heterocycles. The van der Waals surface area contributed by atoms with Gasteiger partial charge >= 0.3 is 0 Å². The fourth-order valence-electron chi connectivity index (χ4n) is 1.97. The van der Waals surface area contributed by atoms with E-state index in [-0.39, 0.29) is 11.9 Å². The highest BCUT2D eigenvalue weighted by Gasteiger charge is 2.12. The number of nitrogens with one attached hydrogen (secondary N) is 1. The molecular formula is C16H17ClFNS. The Balaban J connectivity index is 2.09. The van der Waals surface area contributed by atoms with Gasteiger partial charge in [-0.25, -0.2) is 4.39 Å². The molecular weight excluding hydrogens is 293 g/mol. The van der Waals surface area contributed by atoms with Crippen LogP contribution in [0.3, 0.4) is 0 Å². The molecule has 20 heavy (non-hydrogen) atoms. The van der Waals surface area contributed by atoms with Crippen LogP contribution in [0.1, 0.15) is 17.2 Å². The predicted molar refractivity (Wildman–Crippen MR) is 85.1 cm³/mol.